The van der Waals surface area contributed by atoms with E-state index in [1.54, 1.807) is 0 Å². The molecule has 2 fully saturated rings. The molecule has 0 aromatic heterocycles. The molecule has 2 rings (SSSR count). The predicted octanol–water partition coefficient (Wildman–Crippen LogP) is 1.59. The fraction of sp³-hybridized carbons (Fsp3) is 1.00. The molecule has 0 amide bonds. The zero-order valence-electron chi connectivity index (χ0n) is 7.59. The second kappa shape index (κ2) is 3.80. The molecule has 1 unspecified atom stereocenters. The van der Waals surface area contributed by atoms with Gasteiger partial charge in [0.25, 0.3) is 0 Å². The minimum atomic E-state index is 0.710. The normalized spacial score (nSPS) is 29.5. The first-order valence-corrected chi connectivity index (χ1v) is 6.14. The van der Waals surface area contributed by atoms with E-state index in [1.165, 1.54) is 32.4 Å². The van der Waals surface area contributed by atoms with Gasteiger partial charge in [-0.05, 0) is 19.8 Å². The number of hydrogen-bond acceptors (Lipinski definition) is 2. The SMILES string of the molecule is CC(I)N1CC(NC2CCC2)C1. The maximum Gasteiger partial charge on any atom is 0.0591 e. The van der Waals surface area contributed by atoms with Crippen LogP contribution in [0.15, 0.2) is 0 Å². The van der Waals surface area contributed by atoms with Crippen molar-refractivity contribution in [3.63, 3.8) is 0 Å². The Morgan fingerprint density at radius 2 is 2.00 bits per heavy atom. The van der Waals surface area contributed by atoms with E-state index in [1.807, 2.05) is 0 Å². The van der Waals surface area contributed by atoms with Gasteiger partial charge in [-0.2, -0.15) is 0 Å². The van der Waals surface area contributed by atoms with E-state index in [-0.39, 0.29) is 0 Å². The standard InChI is InChI=1S/C9H17IN2/c1-7(10)12-5-9(6-12)11-8-3-2-4-8/h7-9,11H,2-6H2,1H3. The summed E-state index contributed by atoms with van der Waals surface area (Å²) in [4.78, 5) is 2.51. The van der Waals surface area contributed by atoms with Crippen LogP contribution in [0.5, 0.6) is 0 Å². The molecule has 1 aliphatic heterocycles. The Bertz CT molecular complexity index is 151. The Labute approximate surface area is 88.2 Å². The van der Waals surface area contributed by atoms with E-state index < -0.39 is 0 Å². The van der Waals surface area contributed by atoms with Crippen LogP contribution in [-0.2, 0) is 0 Å². The fourth-order valence-electron chi connectivity index (χ4n) is 1.82. The van der Waals surface area contributed by atoms with Crippen LogP contribution in [0.4, 0.5) is 0 Å². The lowest BCUT2D eigenvalue weighted by atomic mass is 9.91. The summed E-state index contributed by atoms with van der Waals surface area (Å²) in [7, 11) is 0. The number of hydrogen-bond donors (Lipinski definition) is 1. The summed E-state index contributed by atoms with van der Waals surface area (Å²) >= 11 is 2.48. The first-order chi connectivity index (χ1) is 5.75. The molecule has 3 heteroatoms. The summed E-state index contributed by atoms with van der Waals surface area (Å²) < 4.78 is 0.710. The third-order valence-corrected chi connectivity index (χ3v) is 3.78. The van der Waals surface area contributed by atoms with Crippen molar-refractivity contribution in [1.82, 2.24) is 10.2 Å². The lowest BCUT2D eigenvalue weighted by Crippen LogP contribution is -2.62. The predicted molar refractivity (Wildman–Crippen MR) is 59.6 cm³/mol. The van der Waals surface area contributed by atoms with Gasteiger partial charge in [-0.3, -0.25) is 4.90 Å². The molecule has 1 saturated heterocycles. The molecule has 1 N–H and O–H groups in total. The quantitative estimate of drug-likeness (QED) is 0.480. The Kier molecular flexibility index (Phi) is 2.92. The van der Waals surface area contributed by atoms with Gasteiger partial charge in [0.15, 0.2) is 0 Å². The molecule has 1 saturated carbocycles. The average Bonchev–Trinajstić information content (AvgIpc) is 1.79. The van der Waals surface area contributed by atoms with Crippen molar-refractivity contribution in [2.24, 2.45) is 0 Å². The number of likely N-dealkylation sites (tertiary alicyclic amines) is 1. The maximum atomic E-state index is 3.69. The molecule has 12 heavy (non-hydrogen) atoms. The highest BCUT2D eigenvalue weighted by atomic mass is 127. The third kappa shape index (κ3) is 1.93. The van der Waals surface area contributed by atoms with Crippen LogP contribution in [0, 0.1) is 0 Å². The highest BCUT2D eigenvalue weighted by Gasteiger charge is 2.31. The number of nitrogens with zero attached hydrogens (tertiary/aromatic N) is 1. The van der Waals surface area contributed by atoms with Crippen LogP contribution < -0.4 is 5.32 Å². The van der Waals surface area contributed by atoms with Crippen molar-refractivity contribution >= 4 is 22.6 Å². The third-order valence-electron chi connectivity index (χ3n) is 2.99. The molecular weight excluding hydrogens is 263 g/mol. The van der Waals surface area contributed by atoms with Crippen molar-refractivity contribution in [1.29, 1.82) is 0 Å². The van der Waals surface area contributed by atoms with E-state index >= 15 is 0 Å². The summed E-state index contributed by atoms with van der Waals surface area (Å²) in [6.07, 6.45) is 4.27. The van der Waals surface area contributed by atoms with Crippen LogP contribution in [0.3, 0.4) is 0 Å². The monoisotopic (exact) mass is 280 g/mol. The van der Waals surface area contributed by atoms with E-state index in [9.17, 15) is 0 Å². The zero-order valence-corrected chi connectivity index (χ0v) is 9.75. The minimum Gasteiger partial charge on any atom is -0.309 e. The number of alkyl halides is 1. The van der Waals surface area contributed by atoms with E-state index in [2.05, 4.69) is 39.7 Å². The van der Waals surface area contributed by atoms with Crippen molar-refractivity contribution < 1.29 is 0 Å². The van der Waals surface area contributed by atoms with Gasteiger partial charge in [-0.25, -0.2) is 0 Å². The van der Waals surface area contributed by atoms with Gasteiger partial charge in [0, 0.05) is 25.2 Å². The average molecular weight is 280 g/mol. The number of halogens is 1. The lowest BCUT2D eigenvalue weighted by molar-refractivity contribution is 0.106. The topological polar surface area (TPSA) is 15.3 Å². The summed E-state index contributed by atoms with van der Waals surface area (Å²) in [5, 5.41) is 3.69. The molecule has 70 valence electrons. The molecule has 0 bridgehead atoms. The van der Waals surface area contributed by atoms with Crippen LogP contribution in [0.2, 0.25) is 0 Å². The smallest absolute Gasteiger partial charge is 0.0591 e. The molecule has 1 heterocycles. The molecular formula is C9H17IN2. The van der Waals surface area contributed by atoms with Gasteiger partial charge in [-0.1, -0.05) is 29.0 Å². The second-order valence-corrected chi connectivity index (χ2v) is 5.82. The molecule has 0 radical (unpaired) electrons. The molecule has 2 aliphatic rings. The van der Waals surface area contributed by atoms with Gasteiger partial charge in [0.05, 0.1) is 4.05 Å². The molecule has 0 aromatic carbocycles. The first kappa shape index (κ1) is 9.21. The zero-order chi connectivity index (χ0) is 8.55. The van der Waals surface area contributed by atoms with Crippen molar-refractivity contribution in [2.75, 3.05) is 13.1 Å². The Morgan fingerprint density at radius 3 is 2.42 bits per heavy atom. The van der Waals surface area contributed by atoms with Crippen LogP contribution in [0.25, 0.3) is 0 Å². The van der Waals surface area contributed by atoms with Crippen molar-refractivity contribution in [2.45, 2.75) is 42.3 Å². The molecule has 1 atom stereocenters. The van der Waals surface area contributed by atoms with Gasteiger partial charge in [-0.15, -0.1) is 0 Å². The number of nitrogens with one attached hydrogen (secondary N) is 1. The second-order valence-electron chi connectivity index (χ2n) is 4.02. The van der Waals surface area contributed by atoms with E-state index in [4.69, 9.17) is 0 Å². The summed E-state index contributed by atoms with van der Waals surface area (Å²) in [6, 6.07) is 1.66. The highest BCUT2D eigenvalue weighted by molar-refractivity contribution is 14.1. The van der Waals surface area contributed by atoms with Gasteiger partial charge < -0.3 is 5.32 Å². The summed E-state index contributed by atoms with van der Waals surface area (Å²) in [5.41, 5.74) is 0. The van der Waals surface area contributed by atoms with Crippen LogP contribution in [-0.4, -0.2) is 34.1 Å². The number of rotatable bonds is 3. The van der Waals surface area contributed by atoms with E-state index in [0.29, 0.717) is 4.05 Å². The van der Waals surface area contributed by atoms with Crippen molar-refractivity contribution in [3.05, 3.63) is 0 Å². The summed E-state index contributed by atoms with van der Waals surface area (Å²) in [6.45, 7) is 4.79. The summed E-state index contributed by atoms with van der Waals surface area (Å²) in [5.74, 6) is 0. The van der Waals surface area contributed by atoms with Crippen LogP contribution in [0.1, 0.15) is 26.2 Å². The minimum absolute atomic E-state index is 0.710. The molecule has 0 spiro atoms. The Morgan fingerprint density at radius 1 is 1.33 bits per heavy atom. The van der Waals surface area contributed by atoms with E-state index in [0.717, 1.165) is 12.1 Å². The van der Waals surface area contributed by atoms with Gasteiger partial charge >= 0.3 is 0 Å². The molecule has 0 aromatic rings. The lowest BCUT2D eigenvalue weighted by Gasteiger charge is -2.44. The van der Waals surface area contributed by atoms with Gasteiger partial charge in [0.1, 0.15) is 0 Å². The molecule has 1 aliphatic carbocycles. The van der Waals surface area contributed by atoms with Crippen molar-refractivity contribution in [3.8, 4) is 0 Å². The fourth-order valence-corrected chi connectivity index (χ4v) is 2.27. The molecule has 2 nitrogen and oxygen atoms in total. The maximum absolute atomic E-state index is 3.69. The largest absolute Gasteiger partial charge is 0.309 e. The highest BCUT2D eigenvalue weighted by Crippen LogP contribution is 2.22. The Hall–Kier alpha value is 0.650. The van der Waals surface area contributed by atoms with Gasteiger partial charge in [0.2, 0.25) is 0 Å². The Balaban J connectivity index is 1.61. The first-order valence-electron chi connectivity index (χ1n) is 4.90. The van der Waals surface area contributed by atoms with Crippen LogP contribution >= 0.6 is 22.6 Å².